The molecule has 0 atom stereocenters. The van der Waals surface area contributed by atoms with Crippen molar-refractivity contribution in [2.45, 2.75) is 45.4 Å². The number of benzene rings is 1. The number of piperazine rings is 1. The second-order valence-electron chi connectivity index (χ2n) is 8.08. The monoisotopic (exact) mass is 383 g/mol. The van der Waals surface area contributed by atoms with Crippen molar-refractivity contribution in [2.24, 2.45) is 0 Å². The molecule has 1 aromatic heterocycles. The highest BCUT2D eigenvalue weighted by Gasteiger charge is 2.21. The number of hydrogen-bond acceptors (Lipinski definition) is 3. The Hall–Kier alpha value is -2.14. The van der Waals surface area contributed by atoms with Crippen LogP contribution in [0.2, 0.25) is 0 Å². The van der Waals surface area contributed by atoms with Crippen LogP contribution in [0.15, 0.2) is 30.5 Å². The summed E-state index contributed by atoms with van der Waals surface area (Å²) in [6.07, 6.45) is 8.90. The van der Waals surface area contributed by atoms with Crippen LogP contribution in [0.3, 0.4) is 0 Å². The van der Waals surface area contributed by atoms with Gasteiger partial charge in [0.05, 0.1) is 0 Å². The van der Waals surface area contributed by atoms with Crippen LogP contribution in [0.5, 0.6) is 0 Å². The highest BCUT2D eigenvalue weighted by Crippen LogP contribution is 2.27. The van der Waals surface area contributed by atoms with Gasteiger partial charge in [-0.3, -0.25) is 14.3 Å². The molecule has 0 saturated carbocycles. The molecule has 4 nitrogen and oxygen atoms in total. The lowest BCUT2D eigenvalue weighted by molar-refractivity contribution is 0.0933. The quantitative estimate of drug-likeness (QED) is 0.783. The lowest BCUT2D eigenvalue weighted by Gasteiger charge is -2.36. The third kappa shape index (κ3) is 4.14. The Labute approximate surface area is 166 Å². The Morgan fingerprint density at radius 3 is 2.46 bits per heavy atom. The van der Waals surface area contributed by atoms with Crippen molar-refractivity contribution in [1.82, 2.24) is 9.47 Å². The first-order valence-electron chi connectivity index (χ1n) is 10.6. The predicted octanol–water partition coefficient (Wildman–Crippen LogP) is 3.92. The molecule has 0 unspecified atom stereocenters. The standard InChI is InChI=1S/C23H30FN3O/c1-18(28)27-17-19(22-6-2-3-7-23(22)27)5-4-12-25-13-15-26(16-14-25)21-10-8-20(24)9-11-21/h8-11,17H,2-7,12-16H2,1H3. The van der Waals surface area contributed by atoms with Gasteiger partial charge in [0.25, 0.3) is 0 Å². The second kappa shape index (κ2) is 8.48. The Bertz CT molecular complexity index is 819. The fraction of sp³-hybridized carbons (Fsp3) is 0.522. The third-order valence-electron chi connectivity index (χ3n) is 6.23. The van der Waals surface area contributed by atoms with E-state index in [2.05, 4.69) is 16.0 Å². The fourth-order valence-electron chi connectivity index (χ4n) is 4.68. The Balaban J connectivity index is 1.28. The molecular weight excluding hydrogens is 353 g/mol. The number of aryl methyl sites for hydroxylation is 1. The first-order chi connectivity index (χ1) is 13.6. The largest absolute Gasteiger partial charge is 0.369 e. The molecule has 0 radical (unpaired) electrons. The molecule has 28 heavy (non-hydrogen) atoms. The summed E-state index contributed by atoms with van der Waals surface area (Å²) < 4.78 is 15.0. The van der Waals surface area contributed by atoms with Gasteiger partial charge in [0, 0.05) is 50.7 Å². The summed E-state index contributed by atoms with van der Waals surface area (Å²) >= 11 is 0. The van der Waals surface area contributed by atoms with Crippen LogP contribution >= 0.6 is 0 Å². The van der Waals surface area contributed by atoms with Gasteiger partial charge in [0.15, 0.2) is 0 Å². The summed E-state index contributed by atoms with van der Waals surface area (Å²) in [5.41, 5.74) is 5.21. The summed E-state index contributed by atoms with van der Waals surface area (Å²) in [4.78, 5) is 16.8. The first-order valence-corrected chi connectivity index (χ1v) is 10.6. The molecule has 1 saturated heterocycles. The summed E-state index contributed by atoms with van der Waals surface area (Å²) in [5, 5.41) is 0. The predicted molar refractivity (Wildman–Crippen MR) is 111 cm³/mol. The molecule has 0 amide bonds. The van der Waals surface area contributed by atoms with E-state index in [1.54, 1.807) is 6.92 Å². The van der Waals surface area contributed by atoms with Crippen LogP contribution in [-0.2, 0) is 19.3 Å². The zero-order chi connectivity index (χ0) is 19.5. The van der Waals surface area contributed by atoms with Gasteiger partial charge in [-0.2, -0.15) is 0 Å². The Morgan fingerprint density at radius 2 is 1.75 bits per heavy atom. The number of fused-ring (bicyclic) bond motifs is 1. The van der Waals surface area contributed by atoms with Gasteiger partial charge in [0.2, 0.25) is 5.91 Å². The van der Waals surface area contributed by atoms with E-state index in [4.69, 9.17) is 0 Å². The van der Waals surface area contributed by atoms with Crippen LogP contribution in [0, 0.1) is 5.82 Å². The number of halogens is 1. The van der Waals surface area contributed by atoms with Gasteiger partial charge in [-0.15, -0.1) is 0 Å². The van der Waals surface area contributed by atoms with Gasteiger partial charge < -0.3 is 4.90 Å². The minimum atomic E-state index is -0.178. The summed E-state index contributed by atoms with van der Waals surface area (Å²) in [5.74, 6) is -0.0375. The number of aromatic nitrogens is 1. The Kier molecular flexibility index (Phi) is 5.81. The number of hydrogen-bond donors (Lipinski definition) is 0. The highest BCUT2D eigenvalue weighted by molar-refractivity contribution is 5.78. The normalized spacial score (nSPS) is 17.6. The topological polar surface area (TPSA) is 28.5 Å². The minimum Gasteiger partial charge on any atom is -0.369 e. The van der Waals surface area contributed by atoms with Crippen LogP contribution in [0.4, 0.5) is 10.1 Å². The lowest BCUT2D eigenvalue weighted by atomic mass is 9.93. The van der Waals surface area contributed by atoms with Crippen LogP contribution in [0.25, 0.3) is 0 Å². The SMILES string of the molecule is CC(=O)n1cc(CCCN2CCN(c3ccc(F)cc3)CC2)c2c1CCCC2. The number of carbonyl (C=O) groups is 1. The van der Waals surface area contributed by atoms with E-state index in [-0.39, 0.29) is 11.7 Å². The maximum absolute atomic E-state index is 13.1. The van der Waals surface area contributed by atoms with E-state index in [1.807, 2.05) is 16.7 Å². The highest BCUT2D eigenvalue weighted by atomic mass is 19.1. The van der Waals surface area contributed by atoms with E-state index in [9.17, 15) is 9.18 Å². The van der Waals surface area contributed by atoms with Crippen LogP contribution in [0.1, 0.15) is 47.8 Å². The molecule has 5 heteroatoms. The van der Waals surface area contributed by atoms with Crippen LogP contribution < -0.4 is 4.90 Å². The number of carbonyl (C=O) groups excluding carboxylic acids is 1. The summed E-state index contributed by atoms with van der Waals surface area (Å²) in [7, 11) is 0. The average Bonchev–Trinajstić information content (AvgIpc) is 3.08. The van der Waals surface area contributed by atoms with Crippen molar-refractivity contribution in [3.05, 3.63) is 53.1 Å². The number of anilines is 1. The van der Waals surface area contributed by atoms with E-state index in [1.165, 1.54) is 41.8 Å². The summed E-state index contributed by atoms with van der Waals surface area (Å²) in [6, 6.07) is 6.81. The van der Waals surface area contributed by atoms with Crippen LogP contribution in [-0.4, -0.2) is 48.1 Å². The maximum Gasteiger partial charge on any atom is 0.227 e. The lowest BCUT2D eigenvalue weighted by Crippen LogP contribution is -2.46. The zero-order valence-corrected chi connectivity index (χ0v) is 16.8. The fourth-order valence-corrected chi connectivity index (χ4v) is 4.68. The van der Waals surface area contributed by atoms with Crippen molar-refractivity contribution in [2.75, 3.05) is 37.6 Å². The molecule has 150 valence electrons. The smallest absolute Gasteiger partial charge is 0.227 e. The molecule has 0 N–H and O–H groups in total. The van der Waals surface area contributed by atoms with E-state index >= 15 is 0 Å². The first kappa shape index (κ1) is 19.2. The van der Waals surface area contributed by atoms with Gasteiger partial charge in [-0.25, -0.2) is 4.39 Å². The van der Waals surface area contributed by atoms with E-state index < -0.39 is 0 Å². The Morgan fingerprint density at radius 1 is 1.04 bits per heavy atom. The van der Waals surface area contributed by atoms with Crippen molar-refractivity contribution < 1.29 is 9.18 Å². The van der Waals surface area contributed by atoms with Gasteiger partial charge in [-0.1, -0.05) is 0 Å². The molecule has 1 aliphatic heterocycles. The molecule has 2 aliphatic rings. The molecule has 1 aromatic carbocycles. The van der Waals surface area contributed by atoms with Gasteiger partial charge in [-0.05, 0) is 80.5 Å². The second-order valence-corrected chi connectivity index (χ2v) is 8.08. The number of rotatable bonds is 5. The van der Waals surface area contributed by atoms with Crippen molar-refractivity contribution >= 4 is 11.6 Å². The van der Waals surface area contributed by atoms with Gasteiger partial charge >= 0.3 is 0 Å². The molecule has 4 rings (SSSR count). The van der Waals surface area contributed by atoms with E-state index in [0.29, 0.717) is 0 Å². The van der Waals surface area contributed by atoms with Crippen molar-refractivity contribution in [1.29, 1.82) is 0 Å². The number of nitrogens with zero attached hydrogens (tertiary/aromatic N) is 3. The van der Waals surface area contributed by atoms with E-state index in [0.717, 1.165) is 64.1 Å². The molecule has 0 spiro atoms. The van der Waals surface area contributed by atoms with Crippen molar-refractivity contribution in [3.8, 4) is 0 Å². The maximum atomic E-state index is 13.1. The molecular formula is C23H30FN3O. The third-order valence-corrected chi connectivity index (χ3v) is 6.23. The zero-order valence-electron chi connectivity index (χ0n) is 16.8. The minimum absolute atomic E-state index is 0.140. The molecule has 1 aliphatic carbocycles. The molecule has 2 aromatic rings. The van der Waals surface area contributed by atoms with Gasteiger partial charge in [0.1, 0.15) is 5.82 Å². The van der Waals surface area contributed by atoms with Crippen molar-refractivity contribution in [3.63, 3.8) is 0 Å². The molecule has 1 fully saturated rings. The molecule has 2 heterocycles. The average molecular weight is 384 g/mol. The summed E-state index contributed by atoms with van der Waals surface area (Å²) in [6.45, 7) is 6.83. The molecule has 0 bridgehead atoms.